The molecule has 0 heterocycles. The van der Waals surface area contributed by atoms with Crippen LogP contribution in [0, 0.1) is 11.8 Å². The second-order valence-electron chi connectivity index (χ2n) is 11.6. The molecule has 240 valence electrons. The Balaban J connectivity index is 1.09. The van der Waals surface area contributed by atoms with Crippen molar-refractivity contribution in [2.75, 3.05) is 13.2 Å². The van der Waals surface area contributed by atoms with E-state index in [-0.39, 0.29) is 59.4 Å². The lowest BCUT2D eigenvalue weighted by molar-refractivity contribution is -0.121. The van der Waals surface area contributed by atoms with Gasteiger partial charge in [-0.2, -0.15) is 0 Å². The van der Waals surface area contributed by atoms with E-state index in [9.17, 15) is 33.6 Å². The summed E-state index contributed by atoms with van der Waals surface area (Å²) >= 11 is 0. The van der Waals surface area contributed by atoms with E-state index in [1.807, 2.05) is 36.4 Å². The van der Waals surface area contributed by atoms with Gasteiger partial charge in [0, 0.05) is 46.2 Å². The van der Waals surface area contributed by atoms with Crippen LogP contribution in [0.1, 0.15) is 83.0 Å². The molecule has 6 rings (SSSR count). The summed E-state index contributed by atoms with van der Waals surface area (Å²) in [4.78, 5) is 91.7. The molecular formula is C39H30O9. The lowest BCUT2D eigenvalue weighted by atomic mass is 9.95. The minimum Gasteiger partial charge on any atom is -0.494 e. The van der Waals surface area contributed by atoms with Crippen molar-refractivity contribution in [2.45, 2.75) is 25.7 Å². The van der Waals surface area contributed by atoms with Gasteiger partial charge in [-0.05, 0) is 61.4 Å². The summed E-state index contributed by atoms with van der Waals surface area (Å²) in [6.45, 7) is 0.480. The lowest BCUT2D eigenvalue weighted by Crippen LogP contribution is -2.25. The molecule has 4 aromatic rings. The van der Waals surface area contributed by atoms with Crippen molar-refractivity contribution in [1.29, 1.82) is 0 Å². The number of para-hydroxylation sites is 2. The van der Waals surface area contributed by atoms with Crippen molar-refractivity contribution in [3.63, 3.8) is 0 Å². The van der Waals surface area contributed by atoms with Crippen molar-refractivity contribution < 1.29 is 43.0 Å². The van der Waals surface area contributed by atoms with Crippen LogP contribution in [-0.2, 0) is 9.59 Å². The maximum atomic E-state index is 13.5. The molecule has 48 heavy (non-hydrogen) atoms. The number of hydrogen-bond acceptors (Lipinski definition) is 9. The summed E-state index contributed by atoms with van der Waals surface area (Å²) in [5, 5.41) is 0. The molecule has 0 saturated carbocycles. The molecule has 0 aromatic heterocycles. The van der Waals surface area contributed by atoms with E-state index in [1.54, 1.807) is 24.3 Å². The number of Topliss-reactive ketones (excluding diaryl/α,β-unsaturated/α-hetero) is 6. The van der Waals surface area contributed by atoms with Gasteiger partial charge in [0.2, 0.25) is 0 Å². The Morgan fingerprint density at radius 3 is 1.25 bits per heavy atom. The van der Waals surface area contributed by atoms with Gasteiger partial charge in [-0.3, -0.25) is 33.6 Å². The predicted molar refractivity (Wildman–Crippen MR) is 173 cm³/mol. The molecule has 2 atom stereocenters. The van der Waals surface area contributed by atoms with Gasteiger partial charge in [0.15, 0.2) is 40.5 Å². The largest absolute Gasteiger partial charge is 0.494 e. The summed E-state index contributed by atoms with van der Waals surface area (Å²) in [7, 11) is 0. The Morgan fingerprint density at radius 2 is 0.854 bits per heavy atom. The van der Waals surface area contributed by atoms with Crippen LogP contribution in [0.25, 0.3) is 0 Å². The SMILES string of the molecule is O=C(c1ccc2c(c1)C(=O)C(C(=O)CCCOc1ccccc1)C2=O)c1ccc2c(c1)C(=O)C(C(=O)CCCOc1ccccc1)C2=O. The number of fused-ring (bicyclic) bond motifs is 2. The van der Waals surface area contributed by atoms with Gasteiger partial charge in [0.25, 0.3) is 0 Å². The molecule has 0 aliphatic heterocycles. The zero-order valence-electron chi connectivity index (χ0n) is 25.8. The topological polar surface area (TPSA) is 138 Å². The van der Waals surface area contributed by atoms with E-state index < -0.39 is 52.3 Å². The Morgan fingerprint density at radius 1 is 0.479 bits per heavy atom. The van der Waals surface area contributed by atoms with Gasteiger partial charge in [0.1, 0.15) is 23.3 Å². The minimum atomic E-state index is -1.47. The van der Waals surface area contributed by atoms with Gasteiger partial charge < -0.3 is 9.47 Å². The number of benzene rings is 4. The van der Waals surface area contributed by atoms with Gasteiger partial charge in [0.05, 0.1) is 13.2 Å². The summed E-state index contributed by atoms with van der Waals surface area (Å²) < 4.78 is 11.2. The summed E-state index contributed by atoms with van der Waals surface area (Å²) in [6, 6.07) is 26.2. The average molecular weight is 643 g/mol. The fraction of sp³-hybridized carbons (Fsp3) is 0.205. The number of carbonyl (C=O) groups excluding carboxylic acids is 7. The van der Waals surface area contributed by atoms with E-state index in [0.717, 1.165) is 0 Å². The minimum absolute atomic E-state index is 0.0148. The first kappa shape index (κ1) is 32.1. The standard InChI is InChI=1S/C39H30O9/c40-31(13-7-19-47-25-9-3-1-4-10-25)33-36(43)27-17-15-23(21-29(27)38(33)45)35(42)24-16-18-28-30(22-24)39(46)34(37(28)44)32(41)14-8-20-48-26-11-5-2-6-12-26/h1-6,9-12,15-18,21-22,33-34H,7-8,13-14,19-20H2. The number of ketones is 7. The highest BCUT2D eigenvalue weighted by Crippen LogP contribution is 2.32. The fourth-order valence-electron chi connectivity index (χ4n) is 6.02. The van der Waals surface area contributed by atoms with E-state index in [1.165, 1.54) is 36.4 Å². The van der Waals surface area contributed by atoms with E-state index in [0.29, 0.717) is 24.3 Å². The maximum absolute atomic E-state index is 13.5. The Kier molecular flexibility index (Phi) is 9.29. The number of carbonyl (C=O) groups is 7. The Hall–Kier alpha value is -5.83. The molecule has 2 aliphatic rings. The first-order valence-corrected chi connectivity index (χ1v) is 15.7. The second kappa shape index (κ2) is 13.9. The molecule has 4 aromatic carbocycles. The third kappa shape index (κ3) is 6.40. The molecule has 2 aliphatic carbocycles. The Bertz CT molecular complexity index is 1820. The third-order valence-corrected chi connectivity index (χ3v) is 8.48. The number of hydrogen-bond donors (Lipinski definition) is 0. The molecule has 2 unspecified atom stereocenters. The van der Waals surface area contributed by atoms with Crippen LogP contribution in [0.2, 0.25) is 0 Å². The van der Waals surface area contributed by atoms with Crippen LogP contribution in [-0.4, -0.2) is 53.7 Å². The van der Waals surface area contributed by atoms with Crippen molar-refractivity contribution in [1.82, 2.24) is 0 Å². The van der Waals surface area contributed by atoms with Gasteiger partial charge in [-0.15, -0.1) is 0 Å². The van der Waals surface area contributed by atoms with Gasteiger partial charge in [-0.1, -0.05) is 48.5 Å². The molecule has 0 N–H and O–H groups in total. The zero-order valence-corrected chi connectivity index (χ0v) is 25.8. The van der Waals surface area contributed by atoms with Crippen LogP contribution in [0.3, 0.4) is 0 Å². The first-order valence-electron chi connectivity index (χ1n) is 15.7. The van der Waals surface area contributed by atoms with Crippen molar-refractivity contribution >= 4 is 40.5 Å². The van der Waals surface area contributed by atoms with Crippen LogP contribution in [0.15, 0.2) is 97.1 Å². The molecule has 9 heteroatoms. The second-order valence-corrected chi connectivity index (χ2v) is 11.6. The van der Waals surface area contributed by atoms with Gasteiger partial charge in [-0.25, -0.2) is 0 Å². The maximum Gasteiger partial charge on any atom is 0.193 e. The lowest BCUT2D eigenvalue weighted by Gasteiger charge is -2.08. The van der Waals surface area contributed by atoms with Gasteiger partial charge >= 0.3 is 0 Å². The van der Waals surface area contributed by atoms with Crippen LogP contribution < -0.4 is 9.47 Å². The quantitative estimate of drug-likeness (QED) is 0.0954. The first-order chi connectivity index (χ1) is 23.2. The van der Waals surface area contributed by atoms with E-state index in [4.69, 9.17) is 9.47 Å². The fourth-order valence-corrected chi connectivity index (χ4v) is 6.02. The molecule has 0 saturated heterocycles. The smallest absolute Gasteiger partial charge is 0.193 e. The molecule has 0 radical (unpaired) electrons. The highest BCUT2D eigenvalue weighted by atomic mass is 16.5. The highest BCUT2D eigenvalue weighted by Gasteiger charge is 2.44. The average Bonchev–Trinajstić information content (AvgIpc) is 3.52. The monoisotopic (exact) mass is 642 g/mol. The zero-order chi connectivity index (χ0) is 33.8. The van der Waals surface area contributed by atoms with Crippen LogP contribution in [0.5, 0.6) is 11.5 Å². The van der Waals surface area contributed by atoms with E-state index in [2.05, 4.69) is 0 Å². The van der Waals surface area contributed by atoms with Crippen molar-refractivity contribution in [3.8, 4) is 11.5 Å². The van der Waals surface area contributed by atoms with Crippen molar-refractivity contribution in [3.05, 3.63) is 130 Å². The highest BCUT2D eigenvalue weighted by molar-refractivity contribution is 6.37. The predicted octanol–water partition coefficient (Wildman–Crippen LogP) is 5.76. The molecule has 9 nitrogen and oxygen atoms in total. The van der Waals surface area contributed by atoms with Crippen molar-refractivity contribution in [2.24, 2.45) is 11.8 Å². The summed E-state index contributed by atoms with van der Waals surface area (Å²) in [5.41, 5.74) is 0.253. The Labute approximate surface area is 275 Å². The molecule has 0 bridgehead atoms. The number of rotatable bonds is 14. The summed E-state index contributed by atoms with van der Waals surface area (Å²) in [6.07, 6.45) is 0.586. The van der Waals surface area contributed by atoms with Crippen LogP contribution in [0.4, 0.5) is 0 Å². The third-order valence-electron chi connectivity index (χ3n) is 8.48. The molecule has 0 amide bonds. The molecule has 0 spiro atoms. The summed E-state index contributed by atoms with van der Waals surface area (Å²) in [5.74, 6) is -5.75. The molecule has 0 fully saturated rings. The normalized spacial score (nSPS) is 16.4. The van der Waals surface area contributed by atoms with E-state index >= 15 is 0 Å². The molecular weight excluding hydrogens is 612 g/mol. The number of ether oxygens (including phenoxy) is 2. The van der Waals surface area contributed by atoms with Crippen LogP contribution >= 0.6 is 0 Å².